The molecule has 2 saturated heterocycles. The Bertz CT molecular complexity index is 563. The molecule has 1 aromatic rings. The molecule has 2 aliphatic heterocycles. The summed E-state index contributed by atoms with van der Waals surface area (Å²) in [5.41, 5.74) is 0.932. The Labute approximate surface area is 143 Å². The van der Waals surface area contributed by atoms with Crippen molar-refractivity contribution in [3.05, 3.63) is 35.9 Å². The van der Waals surface area contributed by atoms with Crippen LogP contribution in [0.25, 0.3) is 0 Å². The first-order valence-electron chi connectivity index (χ1n) is 8.81. The fraction of sp³-hybridized carbons (Fsp3) is 0.579. The molecule has 5 nitrogen and oxygen atoms in total. The average Bonchev–Trinajstić information content (AvgIpc) is 2.93. The Hall–Kier alpha value is -1.88. The average molecular weight is 330 g/mol. The van der Waals surface area contributed by atoms with E-state index in [2.05, 4.69) is 10.6 Å². The molecule has 0 spiro atoms. The number of fused-ring (bicyclic) bond motifs is 2. The second-order valence-corrected chi connectivity index (χ2v) is 6.99. The summed E-state index contributed by atoms with van der Waals surface area (Å²) in [4.78, 5) is 24.2. The predicted molar refractivity (Wildman–Crippen MR) is 91.2 cm³/mol. The Morgan fingerprint density at radius 1 is 1.21 bits per heavy atom. The van der Waals surface area contributed by atoms with E-state index in [4.69, 9.17) is 4.74 Å². The molecule has 1 aromatic carbocycles. The number of hydrogen-bond donors (Lipinski definition) is 2. The summed E-state index contributed by atoms with van der Waals surface area (Å²) in [5.74, 6) is 0.154. The van der Waals surface area contributed by atoms with Gasteiger partial charge in [0.15, 0.2) is 0 Å². The van der Waals surface area contributed by atoms with Crippen molar-refractivity contribution in [2.24, 2.45) is 5.92 Å². The molecule has 3 unspecified atom stereocenters. The van der Waals surface area contributed by atoms with E-state index in [1.807, 2.05) is 30.3 Å². The molecule has 24 heavy (non-hydrogen) atoms. The van der Waals surface area contributed by atoms with Crippen molar-refractivity contribution in [2.45, 2.75) is 56.7 Å². The van der Waals surface area contributed by atoms with Crippen molar-refractivity contribution in [2.75, 3.05) is 7.11 Å². The SMILES string of the molecule is COC(=O)CC(NC(=O)CC1CC2CCC(C1)N2)c1ccccc1. The van der Waals surface area contributed by atoms with Crippen molar-refractivity contribution in [1.29, 1.82) is 0 Å². The largest absolute Gasteiger partial charge is 0.469 e. The van der Waals surface area contributed by atoms with Gasteiger partial charge in [-0.2, -0.15) is 0 Å². The van der Waals surface area contributed by atoms with E-state index >= 15 is 0 Å². The Morgan fingerprint density at radius 2 is 1.88 bits per heavy atom. The van der Waals surface area contributed by atoms with Gasteiger partial charge in [0.05, 0.1) is 19.6 Å². The second-order valence-electron chi connectivity index (χ2n) is 6.99. The minimum atomic E-state index is -0.329. The van der Waals surface area contributed by atoms with Crippen LogP contribution in [0.1, 0.15) is 50.1 Å². The molecule has 0 aromatic heterocycles. The quantitative estimate of drug-likeness (QED) is 0.786. The Balaban J connectivity index is 1.59. The van der Waals surface area contributed by atoms with Crippen LogP contribution in [0.5, 0.6) is 0 Å². The van der Waals surface area contributed by atoms with Gasteiger partial charge in [-0.1, -0.05) is 30.3 Å². The molecule has 3 atom stereocenters. The lowest BCUT2D eigenvalue weighted by atomic mass is 9.89. The van der Waals surface area contributed by atoms with Crippen LogP contribution in [-0.2, 0) is 14.3 Å². The fourth-order valence-corrected chi connectivity index (χ4v) is 4.04. The number of esters is 1. The molecule has 2 fully saturated rings. The van der Waals surface area contributed by atoms with Gasteiger partial charge in [-0.3, -0.25) is 9.59 Å². The standard InChI is InChI=1S/C19H26N2O3/c1-24-19(23)12-17(14-5-3-2-4-6-14)21-18(22)11-13-9-15-7-8-16(10-13)20-15/h2-6,13,15-17,20H,7-12H2,1H3,(H,21,22). The summed E-state index contributed by atoms with van der Waals surface area (Å²) < 4.78 is 4.77. The van der Waals surface area contributed by atoms with Crippen LogP contribution in [0.2, 0.25) is 0 Å². The van der Waals surface area contributed by atoms with Crippen LogP contribution < -0.4 is 10.6 Å². The molecule has 2 aliphatic rings. The topological polar surface area (TPSA) is 67.4 Å². The zero-order chi connectivity index (χ0) is 16.9. The molecule has 130 valence electrons. The first kappa shape index (κ1) is 17.0. The van der Waals surface area contributed by atoms with Gasteiger partial charge in [-0.15, -0.1) is 0 Å². The van der Waals surface area contributed by atoms with Crippen LogP contribution in [-0.4, -0.2) is 31.1 Å². The Morgan fingerprint density at radius 3 is 2.50 bits per heavy atom. The number of rotatable bonds is 6. The molecule has 3 rings (SSSR count). The number of piperidine rings is 1. The van der Waals surface area contributed by atoms with E-state index in [0.717, 1.165) is 18.4 Å². The Kier molecular flexibility index (Phi) is 5.51. The lowest BCUT2D eigenvalue weighted by Crippen LogP contribution is -2.40. The third kappa shape index (κ3) is 4.35. The lowest BCUT2D eigenvalue weighted by molar-refractivity contribution is -0.141. The smallest absolute Gasteiger partial charge is 0.307 e. The summed E-state index contributed by atoms with van der Waals surface area (Å²) in [6.07, 6.45) is 5.33. The third-order valence-electron chi connectivity index (χ3n) is 5.18. The molecule has 2 heterocycles. The van der Waals surface area contributed by atoms with Crippen LogP contribution in [0.3, 0.4) is 0 Å². The zero-order valence-electron chi connectivity index (χ0n) is 14.2. The maximum absolute atomic E-state index is 12.5. The molecule has 0 radical (unpaired) electrons. The van der Waals surface area contributed by atoms with Gasteiger partial charge in [0.1, 0.15) is 0 Å². The molecule has 2 bridgehead atoms. The van der Waals surface area contributed by atoms with Crippen LogP contribution in [0, 0.1) is 5.92 Å². The number of ether oxygens (including phenoxy) is 1. The summed E-state index contributed by atoms with van der Waals surface area (Å²) >= 11 is 0. The highest BCUT2D eigenvalue weighted by atomic mass is 16.5. The number of hydrogen-bond acceptors (Lipinski definition) is 4. The molecule has 1 amide bonds. The van der Waals surface area contributed by atoms with Gasteiger partial charge in [0.2, 0.25) is 5.91 Å². The summed E-state index contributed by atoms with van der Waals surface area (Å²) in [6, 6.07) is 10.4. The van der Waals surface area contributed by atoms with E-state index < -0.39 is 0 Å². The van der Waals surface area contributed by atoms with Crippen LogP contribution in [0.15, 0.2) is 30.3 Å². The van der Waals surface area contributed by atoms with Crippen LogP contribution in [0.4, 0.5) is 0 Å². The minimum Gasteiger partial charge on any atom is -0.469 e. The maximum atomic E-state index is 12.5. The van der Waals surface area contributed by atoms with Gasteiger partial charge in [-0.05, 0) is 37.2 Å². The predicted octanol–water partition coefficient (Wildman–Crippen LogP) is 2.33. The zero-order valence-corrected chi connectivity index (χ0v) is 14.2. The summed E-state index contributed by atoms with van der Waals surface area (Å²) in [6.45, 7) is 0. The highest BCUT2D eigenvalue weighted by molar-refractivity contribution is 5.78. The molecule has 0 saturated carbocycles. The monoisotopic (exact) mass is 330 g/mol. The molecule has 5 heteroatoms. The normalized spacial score (nSPS) is 26.6. The summed E-state index contributed by atoms with van der Waals surface area (Å²) in [5, 5.41) is 6.64. The van der Waals surface area contributed by atoms with Gasteiger partial charge in [-0.25, -0.2) is 0 Å². The summed E-state index contributed by atoms with van der Waals surface area (Å²) in [7, 11) is 1.37. The van der Waals surface area contributed by atoms with E-state index in [9.17, 15) is 9.59 Å². The van der Waals surface area contributed by atoms with Crippen LogP contribution >= 0.6 is 0 Å². The number of carbonyl (C=O) groups is 2. The van der Waals surface area contributed by atoms with E-state index in [0.29, 0.717) is 24.4 Å². The third-order valence-corrected chi connectivity index (χ3v) is 5.18. The lowest BCUT2D eigenvalue weighted by Gasteiger charge is -2.29. The van der Waals surface area contributed by atoms with Gasteiger partial charge in [0, 0.05) is 18.5 Å². The van der Waals surface area contributed by atoms with E-state index in [-0.39, 0.29) is 24.3 Å². The van der Waals surface area contributed by atoms with Crippen molar-refractivity contribution in [3.8, 4) is 0 Å². The van der Waals surface area contributed by atoms with Crippen molar-refractivity contribution in [3.63, 3.8) is 0 Å². The fourth-order valence-electron chi connectivity index (χ4n) is 4.04. The molecule has 0 aliphatic carbocycles. The number of nitrogens with one attached hydrogen (secondary N) is 2. The van der Waals surface area contributed by atoms with Crippen molar-refractivity contribution < 1.29 is 14.3 Å². The van der Waals surface area contributed by atoms with Crippen molar-refractivity contribution >= 4 is 11.9 Å². The maximum Gasteiger partial charge on any atom is 0.307 e. The number of carbonyl (C=O) groups excluding carboxylic acids is 2. The van der Waals surface area contributed by atoms with E-state index in [1.165, 1.54) is 20.0 Å². The second kappa shape index (κ2) is 7.79. The molecule has 2 N–H and O–H groups in total. The number of amides is 1. The number of methoxy groups -OCH3 is 1. The number of benzene rings is 1. The first-order valence-corrected chi connectivity index (χ1v) is 8.81. The van der Waals surface area contributed by atoms with Crippen molar-refractivity contribution in [1.82, 2.24) is 10.6 Å². The highest BCUT2D eigenvalue weighted by Gasteiger charge is 2.34. The first-order chi connectivity index (χ1) is 11.6. The van der Waals surface area contributed by atoms with E-state index in [1.54, 1.807) is 0 Å². The molecular weight excluding hydrogens is 304 g/mol. The minimum absolute atomic E-state index is 0.0269. The van der Waals surface area contributed by atoms with Gasteiger partial charge in [0.25, 0.3) is 0 Å². The van der Waals surface area contributed by atoms with Gasteiger partial charge >= 0.3 is 5.97 Å². The molecular formula is C19H26N2O3. The highest BCUT2D eigenvalue weighted by Crippen LogP contribution is 2.32. The van der Waals surface area contributed by atoms with Gasteiger partial charge < -0.3 is 15.4 Å².